The Labute approximate surface area is 162 Å². The van der Waals surface area contributed by atoms with E-state index in [9.17, 15) is 13.2 Å². The molecular formula is C21H28N2O3S. The summed E-state index contributed by atoms with van der Waals surface area (Å²) in [5.74, 6) is -0.123. The summed E-state index contributed by atoms with van der Waals surface area (Å²) in [5, 5.41) is 2.92. The lowest BCUT2D eigenvalue weighted by molar-refractivity contribution is -0.114. The summed E-state index contributed by atoms with van der Waals surface area (Å²) in [4.78, 5) is 12.7. The van der Waals surface area contributed by atoms with E-state index in [1.54, 1.807) is 6.07 Å². The summed E-state index contributed by atoms with van der Waals surface area (Å²) in [5.41, 5.74) is 5.11. The van der Waals surface area contributed by atoms with E-state index in [-0.39, 0.29) is 18.4 Å². The number of sulfonamides is 1. The van der Waals surface area contributed by atoms with Crippen LogP contribution in [0.5, 0.6) is 0 Å². The molecule has 0 fully saturated rings. The Balaban J connectivity index is 2.34. The molecule has 6 heteroatoms. The zero-order chi connectivity index (χ0) is 20.4. The summed E-state index contributed by atoms with van der Waals surface area (Å²) in [6.45, 7) is 9.57. The van der Waals surface area contributed by atoms with Crippen LogP contribution in [0.15, 0.2) is 36.4 Å². The molecule has 2 rings (SSSR count). The Morgan fingerprint density at radius 2 is 1.74 bits per heavy atom. The highest BCUT2D eigenvalue weighted by molar-refractivity contribution is 7.92. The second-order valence-electron chi connectivity index (χ2n) is 7.30. The highest BCUT2D eigenvalue weighted by Gasteiger charge is 2.23. The lowest BCUT2D eigenvalue weighted by Gasteiger charge is -2.24. The minimum atomic E-state index is -3.60. The number of nitrogens with zero attached hydrogens (tertiary/aromatic N) is 1. The van der Waals surface area contributed by atoms with E-state index >= 15 is 0 Å². The number of carbonyl (C=O) groups is 1. The van der Waals surface area contributed by atoms with E-state index in [1.165, 1.54) is 0 Å². The van der Waals surface area contributed by atoms with Crippen molar-refractivity contribution in [2.75, 3.05) is 22.4 Å². The molecule has 5 nitrogen and oxygen atoms in total. The van der Waals surface area contributed by atoms with E-state index in [2.05, 4.69) is 19.2 Å². The van der Waals surface area contributed by atoms with Crippen LogP contribution in [0.1, 0.15) is 42.0 Å². The zero-order valence-corrected chi connectivity index (χ0v) is 17.6. The van der Waals surface area contributed by atoms with Crippen LogP contribution >= 0.6 is 0 Å². The van der Waals surface area contributed by atoms with Crippen molar-refractivity contribution in [1.82, 2.24) is 0 Å². The van der Waals surface area contributed by atoms with Crippen LogP contribution in [0.25, 0.3) is 0 Å². The van der Waals surface area contributed by atoms with Gasteiger partial charge in [0.15, 0.2) is 0 Å². The van der Waals surface area contributed by atoms with Crippen molar-refractivity contribution in [3.63, 3.8) is 0 Å². The second kappa shape index (κ2) is 8.13. The lowest BCUT2D eigenvalue weighted by atomic mass is 9.98. The zero-order valence-electron chi connectivity index (χ0n) is 16.8. The van der Waals surface area contributed by atoms with Crippen LogP contribution in [-0.4, -0.2) is 27.1 Å². The number of carbonyl (C=O) groups excluding carboxylic acids is 1. The first-order valence-corrected chi connectivity index (χ1v) is 10.8. The van der Waals surface area contributed by atoms with Crippen molar-refractivity contribution < 1.29 is 13.2 Å². The molecule has 0 bridgehead atoms. The fourth-order valence-electron chi connectivity index (χ4n) is 3.12. The quantitative estimate of drug-likeness (QED) is 0.809. The largest absolute Gasteiger partial charge is 0.324 e. The molecule has 0 saturated carbocycles. The number of anilines is 2. The smallest absolute Gasteiger partial charge is 0.245 e. The first kappa shape index (κ1) is 21.0. The van der Waals surface area contributed by atoms with Crippen LogP contribution in [0.4, 0.5) is 11.4 Å². The first-order chi connectivity index (χ1) is 12.5. The molecule has 0 unspecified atom stereocenters. The monoisotopic (exact) mass is 388 g/mol. The molecule has 0 aliphatic heterocycles. The molecule has 0 atom stereocenters. The van der Waals surface area contributed by atoms with Gasteiger partial charge in [0.1, 0.15) is 6.54 Å². The summed E-state index contributed by atoms with van der Waals surface area (Å²) < 4.78 is 25.8. The number of hydrogen-bond donors (Lipinski definition) is 1. The topological polar surface area (TPSA) is 66.5 Å². The van der Waals surface area contributed by atoms with Gasteiger partial charge >= 0.3 is 0 Å². The summed E-state index contributed by atoms with van der Waals surface area (Å²) in [7, 11) is -3.60. The van der Waals surface area contributed by atoms with E-state index < -0.39 is 10.0 Å². The second-order valence-corrected chi connectivity index (χ2v) is 9.21. The maximum atomic E-state index is 12.7. The van der Waals surface area contributed by atoms with Crippen molar-refractivity contribution in [2.24, 2.45) is 0 Å². The van der Waals surface area contributed by atoms with Gasteiger partial charge in [0.2, 0.25) is 15.9 Å². The number of nitrogens with one attached hydrogen (secondary N) is 1. The van der Waals surface area contributed by atoms with Crippen LogP contribution in [0.3, 0.4) is 0 Å². The van der Waals surface area contributed by atoms with E-state index in [0.29, 0.717) is 5.69 Å². The fourth-order valence-corrected chi connectivity index (χ4v) is 4.03. The molecular weight excluding hydrogens is 360 g/mol. The Bertz CT molecular complexity index is 950. The summed E-state index contributed by atoms with van der Waals surface area (Å²) in [6.07, 6.45) is 1.12. The van der Waals surface area contributed by atoms with Gasteiger partial charge in [0.25, 0.3) is 0 Å². The van der Waals surface area contributed by atoms with Gasteiger partial charge in [0, 0.05) is 5.69 Å². The third-order valence-corrected chi connectivity index (χ3v) is 5.63. The molecule has 0 heterocycles. The van der Waals surface area contributed by atoms with Crippen molar-refractivity contribution in [3.05, 3.63) is 58.7 Å². The van der Waals surface area contributed by atoms with Gasteiger partial charge in [-0.25, -0.2) is 8.42 Å². The Morgan fingerprint density at radius 3 is 2.30 bits per heavy atom. The first-order valence-electron chi connectivity index (χ1n) is 8.95. The molecule has 0 spiro atoms. The predicted molar refractivity (Wildman–Crippen MR) is 112 cm³/mol. The number of benzene rings is 2. The fraction of sp³-hybridized carbons (Fsp3) is 0.381. The highest BCUT2D eigenvalue weighted by atomic mass is 32.2. The molecule has 2 aromatic carbocycles. The minimum absolute atomic E-state index is 0.241. The summed E-state index contributed by atoms with van der Waals surface area (Å²) >= 11 is 0. The third kappa shape index (κ3) is 5.10. The molecule has 0 aliphatic rings. The van der Waals surface area contributed by atoms with Crippen LogP contribution in [0.2, 0.25) is 0 Å². The van der Waals surface area contributed by atoms with E-state index in [1.807, 2.05) is 51.1 Å². The highest BCUT2D eigenvalue weighted by Crippen LogP contribution is 2.28. The van der Waals surface area contributed by atoms with Crippen molar-refractivity contribution in [3.8, 4) is 0 Å². The molecule has 0 aliphatic carbocycles. The molecule has 146 valence electrons. The summed E-state index contributed by atoms with van der Waals surface area (Å²) in [6, 6.07) is 11.4. The normalized spacial score (nSPS) is 11.5. The number of amides is 1. The van der Waals surface area contributed by atoms with Gasteiger partial charge in [-0.1, -0.05) is 49.7 Å². The third-order valence-electron chi connectivity index (χ3n) is 4.50. The average molecular weight is 389 g/mol. The minimum Gasteiger partial charge on any atom is -0.324 e. The van der Waals surface area contributed by atoms with Crippen LogP contribution < -0.4 is 9.62 Å². The molecule has 0 aromatic heterocycles. The number of para-hydroxylation sites is 1. The van der Waals surface area contributed by atoms with Gasteiger partial charge in [0.05, 0.1) is 11.9 Å². The maximum absolute atomic E-state index is 12.7. The Hall–Kier alpha value is -2.34. The molecule has 0 radical (unpaired) electrons. The standard InChI is InChI=1S/C21H28N2O3S/c1-14(2)18-9-7-8-16(4)21(18)22-20(24)13-23(27(6,25)26)19-11-10-15(3)12-17(19)5/h7-12,14H,13H2,1-6H3,(H,22,24). The number of aryl methyl sites for hydroxylation is 3. The van der Waals surface area contributed by atoms with Gasteiger partial charge in [-0.2, -0.15) is 0 Å². The lowest BCUT2D eigenvalue weighted by Crippen LogP contribution is -2.38. The van der Waals surface area contributed by atoms with Crippen molar-refractivity contribution in [1.29, 1.82) is 0 Å². The van der Waals surface area contributed by atoms with Gasteiger partial charge in [-0.05, 0) is 49.4 Å². The molecule has 1 amide bonds. The Morgan fingerprint density at radius 1 is 1.07 bits per heavy atom. The SMILES string of the molecule is Cc1ccc(N(CC(=O)Nc2c(C)cccc2C(C)C)S(C)(=O)=O)c(C)c1. The van der Waals surface area contributed by atoms with Crippen molar-refractivity contribution in [2.45, 2.75) is 40.5 Å². The van der Waals surface area contributed by atoms with E-state index in [4.69, 9.17) is 0 Å². The maximum Gasteiger partial charge on any atom is 0.245 e. The average Bonchev–Trinajstić information content (AvgIpc) is 2.54. The van der Waals surface area contributed by atoms with E-state index in [0.717, 1.165) is 38.5 Å². The van der Waals surface area contributed by atoms with Gasteiger partial charge < -0.3 is 5.32 Å². The van der Waals surface area contributed by atoms with Crippen LogP contribution in [-0.2, 0) is 14.8 Å². The molecule has 0 saturated heterocycles. The molecule has 27 heavy (non-hydrogen) atoms. The molecule has 2 aromatic rings. The predicted octanol–water partition coefficient (Wildman–Crippen LogP) is 4.14. The number of rotatable bonds is 6. The van der Waals surface area contributed by atoms with Crippen LogP contribution in [0, 0.1) is 20.8 Å². The van der Waals surface area contributed by atoms with Gasteiger partial charge in [-0.15, -0.1) is 0 Å². The van der Waals surface area contributed by atoms with Crippen molar-refractivity contribution >= 4 is 27.3 Å². The molecule has 1 N–H and O–H groups in total. The Kier molecular flexibility index (Phi) is 6.31. The van der Waals surface area contributed by atoms with Gasteiger partial charge in [-0.3, -0.25) is 9.10 Å². The number of hydrogen-bond acceptors (Lipinski definition) is 3.